The van der Waals surface area contributed by atoms with Crippen molar-refractivity contribution < 1.29 is 27.1 Å². The van der Waals surface area contributed by atoms with Gasteiger partial charge in [-0.25, -0.2) is 0 Å². The molecule has 0 rings (SSSR count). The van der Waals surface area contributed by atoms with Crippen LogP contribution in [-0.2, 0) is 0 Å². The number of aliphatic hydroxyl groups excluding tert-OH is 1. The number of rotatable bonds is 2. The van der Waals surface area contributed by atoms with Gasteiger partial charge in [-0.15, -0.1) is 0 Å². The van der Waals surface area contributed by atoms with E-state index in [-0.39, 0.29) is 0 Å². The average molecular weight is 178 g/mol. The van der Waals surface area contributed by atoms with Gasteiger partial charge >= 0.3 is 12.1 Å². The number of aliphatic hydroxyl groups is 1. The van der Waals surface area contributed by atoms with Crippen LogP contribution in [0.15, 0.2) is 0 Å². The molecule has 0 aliphatic carbocycles. The van der Waals surface area contributed by atoms with E-state index in [0.29, 0.717) is 0 Å². The minimum atomic E-state index is -5.57. The third-order valence-corrected chi connectivity index (χ3v) is 0.967. The summed E-state index contributed by atoms with van der Waals surface area (Å²) in [5.74, 6) is -4.79. The minimum Gasteiger partial charge on any atom is -0.393 e. The summed E-state index contributed by atoms with van der Waals surface area (Å²) in [6, 6.07) is 0. The van der Waals surface area contributed by atoms with Crippen LogP contribution in [0.2, 0.25) is 0 Å². The molecule has 0 aliphatic rings. The molecule has 0 aromatic heterocycles. The summed E-state index contributed by atoms with van der Waals surface area (Å²) < 4.78 is 57.8. The second-order valence-corrected chi connectivity index (χ2v) is 2.26. The molecule has 1 atom stereocenters. The minimum absolute atomic E-state index is 0.875. The van der Waals surface area contributed by atoms with Crippen molar-refractivity contribution in [2.24, 2.45) is 0 Å². The second kappa shape index (κ2) is 2.92. The molecular formula is C5H7F5O. The Morgan fingerprint density at radius 2 is 1.55 bits per heavy atom. The average Bonchev–Trinajstić information content (AvgIpc) is 1.56. The second-order valence-electron chi connectivity index (χ2n) is 2.26. The molecule has 0 bridgehead atoms. The van der Waals surface area contributed by atoms with E-state index in [9.17, 15) is 22.0 Å². The number of hydrogen-bond acceptors (Lipinski definition) is 1. The lowest BCUT2D eigenvalue weighted by molar-refractivity contribution is -0.289. The Morgan fingerprint density at radius 3 is 1.64 bits per heavy atom. The zero-order valence-electron chi connectivity index (χ0n) is 5.62. The molecule has 0 spiro atoms. The molecule has 0 unspecified atom stereocenters. The van der Waals surface area contributed by atoms with Crippen molar-refractivity contribution in [2.75, 3.05) is 0 Å². The molecule has 0 fully saturated rings. The van der Waals surface area contributed by atoms with E-state index >= 15 is 0 Å². The van der Waals surface area contributed by atoms with Crippen LogP contribution in [0.25, 0.3) is 0 Å². The number of hydrogen-bond donors (Lipinski definition) is 1. The number of halogens is 5. The highest BCUT2D eigenvalue weighted by Gasteiger charge is 2.57. The molecule has 0 radical (unpaired) electrons. The summed E-state index contributed by atoms with van der Waals surface area (Å²) in [6.07, 6.45) is -8.81. The van der Waals surface area contributed by atoms with Crippen LogP contribution in [0.3, 0.4) is 0 Å². The molecule has 11 heavy (non-hydrogen) atoms. The summed E-state index contributed by atoms with van der Waals surface area (Å²) in [7, 11) is 0. The fraction of sp³-hybridized carbons (Fsp3) is 1.00. The van der Waals surface area contributed by atoms with Crippen LogP contribution in [0.4, 0.5) is 22.0 Å². The quantitative estimate of drug-likeness (QED) is 0.641. The van der Waals surface area contributed by atoms with E-state index in [2.05, 4.69) is 0 Å². The highest BCUT2D eigenvalue weighted by Crippen LogP contribution is 2.38. The zero-order chi connectivity index (χ0) is 9.28. The van der Waals surface area contributed by atoms with Gasteiger partial charge in [0.25, 0.3) is 0 Å². The summed E-state index contributed by atoms with van der Waals surface area (Å²) in [6.45, 7) is 0.875. The molecule has 0 heterocycles. The fourth-order valence-corrected chi connectivity index (χ4v) is 0.487. The highest BCUT2D eigenvalue weighted by atomic mass is 19.4. The maximum absolute atomic E-state index is 11.9. The fourth-order valence-electron chi connectivity index (χ4n) is 0.487. The predicted molar refractivity (Wildman–Crippen MR) is 27.3 cm³/mol. The molecule has 0 aromatic carbocycles. The Labute approximate surface area is 59.8 Å². The van der Waals surface area contributed by atoms with E-state index < -0.39 is 24.6 Å². The first-order valence-corrected chi connectivity index (χ1v) is 2.79. The Bertz CT molecular complexity index is 127. The van der Waals surface area contributed by atoms with Gasteiger partial charge in [0.15, 0.2) is 0 Å². The Kier molecular flexibility index (Phi) is 2.82. The van der Waals surface area contributed by atoms with E-state index in [1.165, 1.54) is 0 Å². The van der Waals surface area contributed by atoms with Crippen molar-refractivity contribution in [1.82, 2.24) is 0 Å². The molecule has 0 saturated heterocycles. The van der Waals surface area contributed by atoms with Gasteiger partial charge in [0.1, 0.15) is 0 Å². The van der Waals surface area contributed by atoms with Crippen LogP contribution in [0, 0.1) is 0 Å². The summed E-state index contributed by atoms with van der Waals surface area (Å²) in [5.41, 5.74) is 0. The molecular weight excluding hydrogens is 171 g/mol. The summed E-state index contributed by atoms with van der Waals surface area (Å²) >= 11 is 0. The Hall–Kier alpha value is -0.390. The van der Waals surface area contributed by atoms with E-state index in [1.807, 2.05) is 0 Å². The molecule has 6 heteroatoms. The van der Waals surface area contributed by atoms with Crippen LogP contribution in [0.1, 0.15) is 13.3 Å². The van der Waals surface area contributed by atoms with E-state index in [0.717, 1.165) is 6.92 Å². The maximum Gasteiger partial charge on any atom is 0.453 e. The first kappa shape index (κ1) is 10.6. The Balaban J connectivity index is 4.22. The lowest BCUT2D eigenvalue weighted by Gasteiger charge is -2.20. The first-order valence-electron chi connectivity index (χ1n) is 2.79. The monoisotopic (exact) mass is 178 g/mol. The predicted octanol–water partition coefficient (Wildman–Crippen LogP) is 1.95. The first-order chi connectivity index (χ1) is 4.67. The van der Waals surface area contributed by atoms with Crippen molar-refractivity contribution >= 4 is 0 Å². The van der Waals surface area contributed by atoms with Crippen LogP contribution in [-0.4, -0.2) is 23.3 Å². The molecule has 1 nitrogen and oxygen atoms in total. The van der Waals surface area contributed by atoms with Crippen molar-refractivity contribution in [1.29, 1.82) is 0 Å². The van der Waals surface area contributed by atoms with Gasteiger partial charge in [-0.2, -0.15) is 22.0 Å². The van der Waals surface area contributed by atoms with Crippen molar-refractivity contribution in [3.63, 3.8) is 0 Å². The highest BCUT2D eigenvalue weighted by molar-refractivity contribution is 4.77. The summed E-state index contributed by atoms with van der Waals surface area (Å²) in [5, 5.41) is 8.27. The van der Waals surface area contributed by atoms with Crippen LogP contribution in [0.5, 0.6) is 0 Å². The third kappa shape index (κ3) is 3.00. The van der Waals surface area contributed by atoms with Gasteiger partial charge in [-0.3, -0.25) is 0 Å². The molecule has 0 aromatic rings. The van der Waals surface area contributed by atoms with Gasteiger partial charge in [0.05, 0.1) is 6.10 Å². The third-order valence-electron chi connectivity index (χ3n) is 0.967. The largest absolute Gasteiger partial charge is 0.453 e. The topological polar surface area (TPSA) is 20.2 Å². The van der Waals surface area contributed by atoms with Gasteiger partial charge in [0.2, 0.25) is 0 Å². The van der Waals surface area contributed by atoms with Gasteiger partial charge in [0, 0.05) is 6.42 Å². The van der Waals surface area contributed by atoms with Gasteiger partial charge < -0.3 is 5.11 Å². The van der Waals surface area contributed by atoms with Crippen molar-refractivity contribution in [2.45, 2.75) is 31.5 Å². The van der Waals surface area contributed by atoms with Gasteiger partial charge in [-0.05, 0) is 6.92 Å². The molecule has 68 valence electrons. The smallest absolute Gasteiger partial charge is 0.393 e. The standard InChI is InChI=1S/C5H7F5O/c1-3(11)2-4(6,7)5(8,9)10/h3,11H,2H2,1H3/t3-/m0/s1. The van der Waals surface area contributed by atoms with Crippen LogP contribution < -0.4 is 0 Å². The molecule has 1 N–H and O–H groups in total. The lowest BCUT2D eigenvalue weighted by Crippen LogP contribution is -2.38. The van der Waals surface area contributed by atoms with Crippen LogP contribution >= 0.6 is 0 Å². The maximum atomic E-state index is 11.9. The SMILES string of the molecule is C[C@H](O)CC(F)(F)C(F)(F)F. The Morgan fingerprint density at radius 1 is 1.18 bits per heavy atom. The van der Waals surface area contributed by atoms with Gasteiger partial charge in [-0.1, -0.05) is 0 Å². The molecule has 0 saturated carbocycles. The van der Waals surface area contributed by atoms with E-state index in [4.69, 9.17) is 5.11 Å². The normalized spacial score (nSPS) is 16.6. The molecule has 0 aliphatic heterocycles. The number of alkyl halides is 5. The zero-order valence-corrected chi connectivity index (χ0v) is 5.62. The van der Waals surface area contributed by atoms with E-state index in [1.54, 1.807) is 0 Å². The summed E-state index contributed by atoms with van der Waals surface area (Å²) in [4.78, 5) is 0. The molecule has 0 amide bonds. The van der Waals surface area contributed by atoms with Crippen molar-refractivity contribution in [3.8, 4) is 0 Å². The lowest BCUT2D eigenvalue weighted by atomic mass is 10.1. The van der Waals surface area contributed by atoms with Crippen molar-refractivity contribution in [3.05, 3.63) is 0 Å².